The summed E-state index contributed by atoms with van der Waals surface area (Å²) >= 11 is 0. The number of H-pyrrole nitrogens is 2. The Balaban J connectivity index is 0.000000279. The topological polar surface area (TPSA) is 90.7 Å². The molecule has 3 N–H and O–H groups in total. The third kappa shape index (κ3) is 4.07. The van der Waals surface area contributed by atoms with Crippen molar-refractivity contribution in [2.24, 2.45) is 0 Å². The minimum Gasteiger partial charge on any atom is -0.505 e. The van der Waals surface area contributed by atoms with Crippen molar-refractivity contribution in [3.8, 4) is 5.75 Å². The highest BCUT2D eigenvalue weighted by molar-refractivity contribution is 5.77. The maximum atomic E-state index is 8.38. The van der Waals surface area contributed by atoms with Gasteiger partial charge < -0.3 is 19.5 Å². The Morgan fingerprint density at radius 2 is 1.07 bits per heavy atom. The molecule has 2 aliphatic heterocycles. The molecule has 30 heavy (non-hydrogen) atoms. The molecule has 6 heteroatoms. The minimum atomic E-state index is 0.176. The normalized spacial score (nSPS) is 11.9. The van der Waals surface area contributed by atoms with Crippen LogP contribution in [0.5, 0.6) is 5.75 Å². The zero-order valence-corrected chi connectivity index (χ0v) is 15.9. The lowest BCUT2D eigenvalue weighted by Gasteiger charge is -1.86. The predicted molar refractivity (Wildman–Crippen MR) is 119 cm³/mol. The average molecular weight is 394 g/mol. The molecule has 0 spiro atoms. The first-order chi connectivity index (χ1) is 14.7. The Hall–Kier alpha value is -4.32. The summed E-state index contributed by atoms with van der Waals surface area (Å²) in [5.41, 5.74) is 7.86. The molecular weight excluding hydrogens is 376 g/mol. The highest BCUT2D eigenvalue weighted by Gasteiger charge is 2.02. The van der Waals surface area contributed by atoms with Crippen LogP contribution in [0.3, 0.4) is 0 Å². The monoisotopic (exact) mass is 394 g/mol. The molecule has 0 unspecified atom stereocenters. The van der Waals surface area contributed by atoms with Crippen LogP contribution in [-0.2, 0) is 0 Å². The first kappa shape index (κ1) is 17.8. The molecule has 6 rings (SSSR count). The predicted octanol–water partition coefficient (Wildman–Crippen LogP) is 5.64. The van der Waals surface area contributed by atoms with Gasteiger partial charge >= 0.3 is 0 Å². The fourth-order valence-corrected chi connectivity index (χ4v) is 3.20. The van der Waals surface area contributed by atoms with E-state index in [4.69, 9.17) is 5.11 Å². The molecule has 0 aromatic carbocycles. The summed E-state index contributed by atoms with van der Waals surface area (Å²) in [7, 11) is 0. The van der Waals surface area contributed by atoms with Gasteiger partial charge in [0, 0.05) is 28.1 Å². The van der Waals surface area contributed by atoms with Crippen LogP contribution in [0.4, 0.5) is 0 Å². The van der Waals surface area contributed by atoms with Crippen molar-refractivity contribution in [3.63, 3.8) is 0 Å². The lowest BCUT2D eigenvalue weighted by molar-refractivity contribution is 0.458. The number of nitrogens with zero attached hydrogens (tertiary/aromatic N) is 2. The van der Waals surface area contributed by atoms with Crippen LogP contribution in [0.1, 0.15) is 22.8 Å². The van der Waals surface area contributed by atoms with Gasteiger partial charge in [-0.15, -0.1) is 0 Å². The molecule has 6 heterocycles. The smallest absolute Gasteiger partial charge is 0.153 e. The molecule has 146 valence electrons. The van der Waals surface area contributed by atoms with Crippen molar-refractivity contribution in [2.75, 3.05) is 0 Å². The van der Waals surface area contributed by atoms with Gasteiger partial charge in [-0.05, 0) is 72.8 Å². The Bertz CT molecular complexity index is 1320. The Morgan fingerprint density at radius 1 is 0.600 bits per heavy atom. The number of aromatic amines is 2. The molecule has 2 aliphatic rings. The number of aromatic hydroxyl groups is 1. The Morgan fingerprint density at radius 3 is 1.47 bits per heavy atom. The maximum Gasteiger partial charge on any atom is 0.153 e. The van der Waals surface area contributed by atoms with Crippen molar-refractivity contribution in [2.45, 2.75) is 0 Å². The van der Waals surface area contributed by atoms with Crippen LogP contribution in [0, 0.1) is 0 Å². The van der Waals surface area contributed by atoms with Crippen molar-refractivity contribution in [1.29, 1.82) is 0 Å². The molecular formula is C24H18N4O2. The van der Waals surface area contributed by atoms with Crippen molar-refractivity contribution < 1.29 is 9.52 Å². The van der Waals surface area contributed by atoms with Crippen molar-refractivity contribution in [3.05, 3.63) is 89.9 Å². The van der Waals surface area contributed by atoms with Gasteiger partial charge in [-0.3, -0.25) is 0 Å². The van der Waals surface area contributed by atoms with E-state index in [0.29, 0.717) is 0 Å². The van der Waals surface area contributed by atoms with Crippen molar-refractivity contribution in [1.82, 2.24) is 19.9 Å². The average Bonchev–Trinajstić information content (AvgIpc) is 3.52. The molecule has 4 aromatic rings. The molecule has 0 radical (unpaired) electrons. The lowest BCUT2D eigenvalue weighted by Crippen LogP contribution is -1.77. The molecule has 0 aliphatic carbocycles. The molecule has 0 saturated heterocycles. The van der Waals surface area contributed by atoms with E-state index in [1.165, 1.54) is 18.6 Å². The molecule has 0 amide bonds. The molecule has 8 bridgehead atoms. The van der Waals surface area contributed by atoms with Crippen LogP contribution in [0.15, 0.2) is 71.5 Å². The van der Waals surface area contributed by atoms with Gasteiger partial charge in [0.25, 0.3) is 0 Å². The lowest BCUT2D eigenvalue weighted by atomic mass is 10.3. The van der Waals surface area contributed by atoms with Crippen LogP contribution in [0.25, 0.3) is 46.4 Å². The number of aromatic nitrogens is 4. The number of fused-ring (bicyclic) bond motifs is 8. The summed E-state index contributed by atoms with van der Waals surface area (Å²) in [6, 6.07) is 17.9. The number of furan rings is 1. The summed E-state index contributed by atoms with van der Waals surface area (Å²) in [5, 5.41) is 8.38. The van der Waals surface area contributed by atoms with Crippen LogP contribution < -0.4 is 0 Å². The second-order valence-corrected chi connectivity index (χ2v) is 6.89. The molecule has 6 nitrogen and oxygen atoms in total. The standard InChI is InChI=1S/C20H14N4.C4H4O2/c1-2-14-10-16-5-6-18(23-16)12-20-8-7-19(24-20)11-17-4-3-15(22-17)9-13(1)21-14;5-4-1-2-6-3-4/h1-12,21-22H;1-3,5H. The first-order valence-corrected chi connectivity index (χ1v) is 9.45. The third-order valence-electron chi connectivity index (χ3n) is 4.55. The van der Waals surface area contributed by atoms with E-state index in [2.05, 4.69) is 54.7 Å². The summed E-state index contributed by atoms with van der Waals surface area (Å²) in [6.07, 6.45) is 10.7. The fraction of sp³-hybridized carbons (Fsp3) is 0. The van der Waals surface area contributed by atoms with E-state index in [0.717, 1.165) is 44.8 Å². The second kappa shape index (κ2) is 7.60. The number of rotatable bonds is 0. The van der Waals surface area contributed by atoms with Gasteiger partial charge in [0.05, 0.1) is 29.0 Å². The molecule has 0 atom stereocenters. The van der Waals surface area contributed by atoms with Gasteiger partial charge in [-0.1, -0.05) is 0 Å². The van der Waals surface area contributed by atoms with Gasteiger partial charge in [0.2, 0.25) is 0 Å². The number of hydrogen-bond acceptors (Lipinski definition) is 4. The van der Waals surface area contributed by atoms with E-state index in [1.54, 1.807) is 0 Å². The summed E-state index contributed by atoms with van der Waals surface area (Å²) in [4.78, 5) is 16.0. The highest BCUT2D eigenvalue weighted by atomic mass is 16.3. The SMILES string of the molecule is C1=Cc2cc3ccc(cc4ccc(cc5nc(cc1n2)C=C5)[nH]4)[nH]3.Oc1ccoc1. The minimum absolute atomic E-state index is 0.176. The van der Waals surface area contributed by atoms with Crippen molar-refractivity contribution >= 4 is 46.4 Å². The van der Waals surface area contributed by atoms with E-state index in [-0.39, 0.29) is 5.75 Å². The third-order valence-corrected chi connectivity index (χ3v) is 4.55. The van der Waals surface area contributed by atoms with Gasteiger partial charge in [0.15, 0.2) is 5.75 Å². The maximum absolute atomic E-state index is 8.38. The fourth-order valence-electron chi connectivity index (χ4n) is 3.20. The Labute approximate surface area is 171 Å². The molecule has 4 aromatic heterocycles. The van der Waals surface area contributed by atoms with Gasteiger partial charge in [-0.25, -0.2) is 9.97 Å². The van der Waals surface area contributed by atoms with Crippen LogP contribution >= 0.6 is 0 Å². The van der Waals surface area contributed by atoms with E-state index < -0.39 is 0 Å². The van der Waals surface area contributed by atoms with E-state index in [1.807, 2.05) is 42.5 Å². The summed E-state index contributed by atoms with van der Waals surface area (Å²) in [6.45, 7) is 0. The van der Waals surface area contributed by atoms with Gasteiger partial charge in [-0.2, -0.15) is 0 Å². The zero-order chi connectivity index (χ0) is 20.3. The quantitative estimate of drug-likeness (QED) is 0.311. The Kier molecular flexibility index (Phi) is 4.50. The molecule has 0 saturated carbocycles. The number of hydrogen-bond donors (Lipinski definition) is 3. The van der Waals surface area contributed by atoms with E-state index in [9.17, 15) is 0 Å². The largest absolute Gasteiger partial charge is 0.505 e. The van der Waals surface area contributed by atoms with Crippen LogP contribution in [0.2, 0.25) is 0 Å². The summed E-state index contributed by atoms with van der Waals surface area (Å²) in [5.74, 6) is 0.176. The van der Waals surface area contributed by atoms with E-state index >= 15 is 0 Å². The van der Waals surface area contributed by atoms with Crippen LogP contribution in [-0.4, -0.2) is 25.0 Å². The zero-order valence-electron chi connectivity index (χ0n) is 15.9. The summed E-state index contributed by atoms with van der Waals surface area (Å²) < 4.78 is 4.46. The number of nitrogens with one attached hydrogen (secondary N) is 2. The van der Waals surface area contributed by atoms with Gasteiger partial charge in [0.1, 0.15) is 6.26 Å². The first-order valence-electron chi connectivity index (χ1n) is 9.45. The molecule has 0 fully saturated rings. The second-order valence-electron chi connectivity index (χ2n) is 6.89. The highest BCUT2D eigenvalue weighted by Crippen LogP contribution is 2.17.